The number of carbonyl (C=O) groups is 1. The van der Waals surface area contributed by atoms with E-state index < -0.39 is 0 Å². The van der Waals surface area contributed by atoms with E-state index in [9.17, 15) is 4.79 Å². The molecule has 0 heterocycles. The molecule has 0 aliphatic rings. The van der Waals surface area contributed by atoms with Gasteiger partial charge in [-0.05, 0) is 12.8 Å². The van der Waals surface area contributed by atoms with Crippen molar-refractivity contribution < 1.29 is 9.53 Å². The molecule has 0 amide bonds. The highest BCUT2D eigenvalue weighted by Crippen LogP contribution is 2.19. The van der Waals surface area contributed by atoms with Crippen LogP contribution < -0.4 is 5.73 Å². The summed E-state index contributed by atoms with van der Waals surface area (Å²) in [7, 11) is 0. The highest BCUT2D eigenvalue weighted by molar-refractivity contribution is 9.09. The zero-order valence-electron chi connectivity index (χ0n) is 19.3. The number of rotatable bonds is 19. The summed E-state index contributed by atoms with van der Waals surface area (Å²) >= 11 is 3.86. The molecule has 28 heavy (non-hydrogen) atoms. The van der Waals surface area contributed by atoms with Crippen LogP contribution in [0.5, 0.6) is 0 Å². The lowest BCUT2D eigenvalue weighted by Gasteiger charge is -2.09. The molecule has 0 spiro atoms. The van der Waals surface area contributed by atoms with Gasteiger partial charge in [-0.1, -0.05) is 127 Å². The summed E-state index contributed by atoms with van der Waals surface area (Å²) in [6.07, 6.45) is 23.3. The van der Waals surface area contributed by atoms with Crippen LogP contribution in [0.4, 0.5) is 0 Å². The van der Waals surface area contributed by atoms with E-state index in [0.717, 1.165) is 4.83 Å². The Kier molecular flexibility index (Phi) is 28.9. The maximum Gasteiger partial charge on any atom is 0.305 e. The van der Waals surface area contributed by atoms with Gasteiger partial charge in [0.15, 0.2) is 0 Å². The maximum atomic E-state index is 10.3. The fraction of sp³-hybridized carbons (Fsp3) is 0.958. The van der Waals surface area contributed by atoms with Crippen LogP contribution in [0.1, 0.15) is 130 Å². The third-order valence-corrected chi connectivity index (χ3v) is 5.83. The quantitative estimate of drug-likeness (QED) is 0.120. The minimum Gasteiger partial charge on any atom is -0.464 e. The van der Waals surface area contributed by atoms with Gasteiger partial charge < -0.3 is 10.5 Å². The molecule has 4 heteroatoms. The summed E-state index contributed by atoms with van der Waals surface area (Å²) in [5, 5.41) is 0. The summed E-state index contributed by atoms with van der Waals surface area (Å²) in [6.45, 7) is 7.08. The molecule has 0 aliphatic carbocycles. The Morgan fingerprint density at radius 3 is 1.50 bits per heavy atom. The highest BCUT2D eigenvalue weighted by Gasteiger charge is 2.03. The average Bonchev–Trinajstić information content (AvgIpc) is 2.71. The molecule has 0 bridgehead atoms. The maximum absolute atomic E-state index is 10.3. The summed E-state index contributed by atoms with van der Waals surface area (Å²) in [4.78, 5) is 11.1. The van der Waals surface area contributed by atoms with Crippen LogP contribution in [0.2, 0.25) is 0 Å². The number of hydrogen-bond donors (Lipinski definition) is 1. The van der Waals surface area contributed by atoms with Gasteiger partial charge in [-0.2, -0.15) is 0 Å². The smallest absolute Gasteiger partial charge is 0.305 e. The fourth-order valence-corrected chi connectivity index (χ4v) is 3.71. The number of nitrogens with two attached hydrogens (primary N) is 1. The molecule has 0 saturated heterocycles. The number of hydrogen-bond acceptors (Lipinski definition) is 3. The van der Waals surface area contributed by atoms with Crippen LogP contribution in [0, 0.1) is 0 Å². The Morgan fingerprint density at radius 2 is 1.14 bits per heavy atom. The van der Waals surface area contributed by atoms with Crippen LogP contribution >= 0.6 is 15.9 Å². The largest absolute Gasteiger partial charge is 0.464 e. The van der Waals surface area contributed by atoms with Gasteiger partial charge in [0.25, 0.3) is 0 Å². The number of alkyl halides is 1. The van der Waals surface area contributed by atoms with E-state index in [-0.39, 0.29) is 5.97 Å². The van der Waals surface area contributed by atoms with Crippen molar-refractivity contribution in [3.05, 3.63) is 0 Å². The summed E-state index contributed by atoms with van der Waals surface area (Å²) in [5.41, 5.74) is 5.05. The van der Waals surface area contributed by atoms with Crippen LogP contribution in [0.25, 0.3) is 0 Å². The first-order valence-corrected chi connectivity index (χ1v) is 13.0. The Balaban J connectivity index is 0. The van der Waals surface area contributed by atoms with Crippen LogP contribution in [0.15, 0.2) is 0 Å². The standard InChI is InChI=1S/C19H39Br.C5H11NO2/c1-3-5-7-9-11-12-14-16-18-19(20)17-15-13-10-8-6-4-2;1-2-5(7)8-4-3-6/h19H,3-18H2,1-2H3;2-4,6H2,1H3. The van der Waals surface area contributed by atoms with Gasteiger partial charge in [0.1, 0.15) is 6.61 Å². The first-order valence-electron chi connectivity index (χ1n) is 12.1. The first-order chi connectivity index (χ1) is 13.6. The van der Waals surface area contributed by atoms with Crippen molar-refractivity contribution in [1.29, 1.82) is 0 Å². The third-order valence-electron chi connectivity index (χ3n) is 4.91. The molecule has 2 N–H and O–H groups in total. The Morgan fingerprint density at radius 1 is 0.750 bits per heavy atom. The lowest BCUT2D eigenvalue weighted by molar-refractivity contribution is -0.142. The van der Waals surface area contributed by atoms with Gasteiger partial charge in [0.2, 0.25) is 0 Å². The van der Waals surface area contributed by atoms with Crippen molar-refractivity contribution >= 4 is 21.9 Å². The molecule has 0 aromatic carbocycles. The molecule has 1 unspecified atom stereocenters. The van der Waals surface area contributed by atoms with Crippen LogP contribution in [-0.2, 0) is 9.53 Å². The third kappa shape index (κ3) is 28.1. The number of carbonyl (C=O) groups excluding carboxylic acids is 1. The lowest BCUT2D eigenvalue weighted by Crippen LogP contribution is -2.12. The van der Waals surface area contributed by atoms with Gasteiger partial charge in [0, 0.05) is 17.8 Å². The second-order valence-corrected chi connectivity index (χ2v) is 9.07. The van der Waals surface area contributed by atoms with E-state index in [1.54, 1.807) is 6.92 Å². The van der Waals surface area contributed by atoms with E-state index in [1.165, 1.54) is 103 Å². The predicted octanol–water partition coefficient (Wildman–Crippen LogP) is 7.93. The number of unbranched alkanes of at least 4 members (excludes halogenated alkanes) is 12. The molecule has 0 radical (unpaired) electrons. The summed E-state index contributed by atoms with van der Waals surface area (Å²) < 4.78 is 4.58. The second kappa shape index (κ2) is 26.9. The van der Waals surface area contributed by atoms with Crippen molar-refractivity contribution in [2.24, 2.45) is 5.73 Å². The Hall–Kier alpha value is -0.0900. The van der Waals surface area contributed by atoms with E-state index in [4.69, 9.17) is 5.73 Å². The number of halogens is 1. The Labute approximate surface area is 185 Å². The van der Waals surface area contributed by atoms with Gasteiger partial charge >= 0.3 is 5.97 Å². The second-order valence-electron chi connectivity index (χ2n) is 7.78. The SMILES string of the molecule is CCC(=O)OCCN.CCCCCCCCCCC(Br)CCCCCCCC. The van der Waals surface area contributed by atoms with Gasteiger partial charge in [-0.25, -0.2) is 0 Å². The molecule has 0 fully saturated rings. The number of ether oxygens (including phenoxy) is 1. The molecule has 0 aromatic rings. The Bertz CT molecular complexity index is 300. The van der Waals surface area contributed by atoms with Gasteiger partial charge in [-0.3, -0.25) is 4.79 Å². The zero-order chi connectivity index (χ0) is 21.3. The molecular formula is C24H50BrNO2. The molecule has 0 aliphatic heterocycles. The van der Waals surface area contributed by atoms with Crippen molar-refractivity contribution in [2.75, 3.05) is 13.2 Å². The molecule has 170 valence electrons. The van der Waals surface area contributed by atoms with Gasteiger partial charge in [0.05, 0.1) is 0 Å². The van der Waals surface area contributed by atoms with Crippen LogP contribution in [0.3, 0.4) is 0 Å². The number of esters is 1. The van der Waals surface area contributed by atoms with Crippen molar-refractivity contribution in [3.63, 3.8) is 0 Å². The first kappa shape index (κ1) is 30.1. The molecule has 1 atom stereocenters. The molecule has 0 rings (SSSR count). The van der Waals surface area contributed by atoms with E-state index >= 15 is 0 Å². The predicted molar refractivity (Wildman–Crippen MR) is 128 cm³/mol. The normalized spacial score (nSPS) is 11.6. The minimum absolute atomic E-state index is 0.185. The average molecular weight is 465 g/mol. The monoisotopic (exact) mass is 463 g/mol. The van der Waals surface area contributed by atoms with Crippen LogP contribution in [-0.4, -0.2) is 23.9 Å². The topological polar surface area (TPSA) is 52.3 Å². The van der Waals surface area contributed by atoms with Crippen molar-refractivity contribution in [1.82, 2.24) is 0 Å². The molecule has 3 nitrogen and oxygen atoms in total. The minimum atomic E-state index is -0.185. The van der Waals surface area contributed by atoms with E-state index in [0.29, 0.717) is 19.6 Å². The molecular weight excluding hydrogens is 414 g/mol. The van der Waals surface area contributed by atoms with E-state index in [2.05, 4.69) is 34.5 Å². The van der Waals surface area contributed by atoms with E-state index in [1.807, 2.05) is 0 Å². The fourth-order valence-electron chi connectivity index (χ4n) is 3.07. The van der Waals surface area contributed by atoms with Gasteiger partial charge in [-0.15, -0.1) is 0 Å². The lowest BCUT2D eigenvalue weighted by atomic mass is 10.0. The zero-order valence-corrected chi connectivity index (χ0v) is 20.9. The summed E-state index contributed by atoms with van der Waals surface area (Å²) in [6, 6.07) is 0. The van der Waals surface area contributed by atoms with Crippen molar-refractivity contribution in [3.8, 4) is 0 Å². The highest BCUT2D eigenvalue weighted by atomic mass is 79.9. The molecule has 0 saturated carbocycles. The molecule has 0 aromatic heterocycles. The summed E-state index contributed by atoms with van der Waals surface area (Å²) in [5.74, 6) is -0.185. The van der Waals surface area contributed by atoms with Crippen molar-refractivity contribution in [2.45, 2.75) is 135 Å².